The minimum atomic E-state index is -3.20. The second-order valence-corrected chi connectivity index (χ2v) is 2.48. The van der Waals surface area contributed by atoms with E-state index in [0.29, 0.717) is 0 Å². The zero-order valence-electron chi connectivity index (χ0n) is 15.2. The summed E-state index contributed by atoms with van der Waals surface area (Å²) in [5.74, 6) is -4.81. The van der Waals surface area contributed by atoms with Gasteiger partial charge in [-0.3, -0.25) is 4.79 Å². The van der Waals surface area contributed by atoms with Crippen molar-refractivity contribution in [1.29, 1.82) is 0 Å². The first kappa shape index (κ1) is 2.71. The van der Waals surface area contributed by atoms with Crippen molar-refractivity contribution in [2.75, 3.05) is 0 Å². The van der Waals surface area contributed by atoms with Crippen molar-refractivity contribution in [3.8, 4) is 0 Å². The maximum absolute atomic E-state index is 11.3. The monoisotopic (exact) mass is 178 g/mol. The van der Waals surface area contributed by atoms with Crippen LogP contribution < -0.4 is 5.32 Å². The maximum Gasteiger partial charge on any atom is 0.320 e. The SMILES string of the molecule is [2H]C1C([2H])C([2H])[C@@]2([2H])C([2H])([2H])[C@]([2H])(C(=O)O)N[C@@]2([2H])C1[2H]. The molecule has 4 unspecified atom stereocenters. The molecule has 0 aromatic carbocycles. The summed E-state index contributed by atoms with van der Waals surface area (Å²) in [5.41, 5.74) is 0. The van der Waals surface area contributed by atoms with Crippen LogP contribution in [0.3, 0.4) is 0 Å². The van der Waals surface area contributed by atoms with Crippen LogP contribution in [0.1, 0.15) is 44.3 Å². The molecule has 0 amide bonds. The Labute approximate surface area is 84.8 Å². The number of carboxylic acids is 1. The summed E-state index contributed by atoms with van der Waals surface area (Å²) < 4.78 is 71.0. The minimum Gasteiger partial charge on any atom is -0.480 e. The maximum atomic E-state index is 11.3. The Hall–Kier alpha value is -0.570. The molecule has 0 bridgehead atoms. The van der Waals surface area contributed by atoms with E-state index >= 15 is 0 Å². The molecule has 0 aromatic heterocycles. The number of hydrogen-bond donors (Lipinski definition) is 2. The van der Waals surface area contributed by atoms with Gasteiger partial charge in [0.15, 0.2) is 0 Å². The summed E-state index contributed by atoms with van der Waals surface area (Å²) >= 11 is 0. The Morgan fingerprint density at radius 1 is 1.58 bits per heavy atom. The summed E-state index contributed by atoms with van der Waals surface area (Å²) in [6.45, 7) is 0. The van der Waals surface area contributed by atoms with Crippen LogP contribution >= 0.6 is 0 Å². The molecule has 7 atom stereocenters. The van der Waals surface area contributed by atoms with Gasteiger partial charge in [-0.1, -0.05) is 12.8 Å². The fraction of sp³-hybridized carbons (Fsp3) is 0.889. The molecule has 68 valence electrons. The van der Waals surface area contributed by atoms with Gasteiger partial charge in [-0.25, -0.2) is 0 Å². The molecule has 2 aliphatic rings. The average molecular weight is 178 g/mol. The Bertz CT molecular complexity index is 492. The van der Waals surface area contributed by atoms with E-state index in [4.69, 9.17) is 17.4 Å². The van der Waals surface area contributed by atoms with Gasteiger partial charge < -0.3 is 10.4 Å². The van der Waals surface area contributed by atoms with E-state index in [2.05, 4.69) is 0 Å². The normalized spacial score (nSPS) is 98.8. The molecule has 2 fully saturated rings. The molecule has 0 aromatic rings. The molecule has 2 N–H and O–H groups in total. The van der Waals surface area contributed by atoms with Crippen LogP contribution in [0.4, 0.5) is 0 Å². The number of nitrogens with one attached hydrogen (secondary N) is 1. The molecule has 3 heteroatoms. The van der Waals surface area contributed by atoms with Gasteiger partial charge in [0, 0.05) is 17.0 Å². The molecule has 1 saturated carbocycles. The van der Waals surface area contributed by atoms with Gasteiger partial charge in [0.05, 0.1) is 1.37 Å². The molecule has 1 aliphatic carbocycles. The molecular formula is C9H15NO2. The van der Waals surface area contributed by atoms with Crippen molar-refractivity contribution >= 4 is 5.97 Å². The number of carbonyl (C=O) groups is 1. The first-order chi connectivity index (χ1) is 9.29. The number of hydrogen-bond acceptors (Lipinski definition) is 2. The predicted octanol–water partition coefficient (Wildman–Crippen LogP) is 0.992. The molecule has 1 heterocycles. The summed E-state index contributed by atoms with van der Waals surface area (Å²) in [5, 5.41) is 11.0. The van der Waals surface area contributed by atoms with Gasteiger partial charge in [0.2, 0.25) is 0 Å². The lowest BCUT2D eigenvalue weighted by Crippen LogP contribution is -2.36. The highest BCUT2D eigenvalue weighted by Gasteiger charge is 2.37. The fourth-order valence-electron chi connectivity index (χ4n) is 1.11. The largest absolute Gasteiger partial charge is 0.480 e. The summed E-state index contributed by atoms with van der Waals surface area (Å²) in [6.07, 6.45) is -10.2. The summed E-state index contributed by atoms with van der Waals surface area (Å²) in [6, 6.07) is -5.74. The third kappa shape index (κ3) is 1.33. The van der Waals surface area contributed by atoms with Crippen LogP contribution in [0.2, 0.25) is 0 Å². The number of carboxylic acid groups (broad SMARTS) is 1. The Morgan fingerprint density at radius 3 is 3.08 bits per heavy atom. The Morgan fingerprint density at radius 2 is 2.33 bits per heavy atom. The number of fused-ring (bicyclic) bond motifs is 1. The fourth-order valence-corrected chi connectivity index (χ4v) is 1.11. The first-order valence-electron chi connectivity index (χ1n) is 8.31. The average Bonchev–Trinajstić information content (AvgIpc) is 2.52. The standard InChI is InChI=1S/C9H15NO2/c11-9(12)8-5-6-3-1-2-4-7(6)10-8/h6-8,10H,1-5H2,(H,11,12)/t6-,7-,8+/m0/s1/i1D,2D,3D,4D,5D2,6D,7D,8D/t1?,2?,3?,4?,6-,7-,8+. The van der Waals surface area contributed by atoms with Gasteiger partial charge >= 0.3 is 5.97 Å². The highest BCUT2D eigenvalue weighted by Crippen LogP contribution is 2.32. The first-order valence-corrected chi connectivity index (χ1v) is 3.51. The third-order valence-electron chi connectivity index (χ3n) is 1.66. The molecular weight excluding hydrogens is 154 g/mol. The smallest absolute Gasteiger partial charge is 0.320 e. The molecule has 2 rings (SSSR count). The van der Waals surface area contributed by atoms with Crippen LogP contribution in [0.5, 0.6) is 0 Å². The third-order valence-corrected chi connectivity index (χ3v) is 1.66. The van der Waals surface area contributed by atoms with Crippen LogP contribution in [0, 0.1) is 5.89 Å². The molecule has 12 heavy (non-hydrogen) atoms. The topological polar surface area (TPSA) is 49.3 Å². The molecule has 0 radical (unpaired) electrons. The summed E-state index contributed by atoms with van der Waals surface area (Å²) in [4.78, 5) is 11.3. The van der Waals surface area contributed by atoms with Gasteiger partial charge in [-0.2, -0.15) is 0 Å². The quantitative estimate of drug-likeness (QED) is 0.629. The van der Waals surface area contributed by atoms with E-state index in [1.165, 1.54) is 0 Å². The van der Waals surface area contributed by atoms with Gasteiger partial charge in [-0.15, -0.1) is 0 Å². The van der Waals surface area contributed by atoms with Crippen molar-refractivity contribution in [3.05, 3.63) is 0 Å². The zero-order chi connectivity index (χ0) is 16.6. The van der Waals surface area contributed by atoms with E-state index in [-0.39, 0.29) is 0 Å². The van der Waals surface area contributed by atoms with Crippen LogP contribution in [-0.2, 0) is 4.79 Å². The zero-order valence-corrected chi connectivity index (χ0v) is 6.16. The second kappa shape index (κ2) is 3.05. The second-order valence-electron chi connectivity index (χ2n) is 2.48. The van der Waals surface area contributed by atoms with E-state index in [1.807, 2.05) is 5.32 Å². The highest BCUT2D eigenvalue weighted by molar-refractivity contribution is 5.74. The van der Waals surface area contributed by atoms with Gasteiger partial charge in [-0.05, 0) is 25.1 Å². The van der Waals surface area contributed by atoms with Crippen molar-refractivity contribution < 1.29 is 22.2 Å². The lowest BCUT2D eigenvalue weighted by Gasteiger charge is -2.24. The van der Waals surface area contributed by atoms with E-state index in [0.717, 1.165) is 0 Å². The molecule has 1 saturated heterocycles. The Kier molecular flexibility index (Phi) is 0.689. The van der Waals surface area contributed by atoms with Crippen molar-refractivity contribution in [2.45, 2.75) is 44.0 Å². The van der Waals surface area contributed by atoms with Crippen molar-refractivity contribution in [2.24, 2.45) is 5.89 Å². The number of aliphatic carboxylic acids is 1. The van der Waals surface area contributed by atoms with Crippen LogP contribution in [0.25, 0.3) is 0 Å². The van der Waals surface area contributed by atoms with Crippen molar-refractivity contribution in [1.82, 2.24) is 5.32 Å². The summed E-state index contributed by atoms with van der Waals surface area (Å²) in [7, 11) is 0. The highest BCUT2D eigenvalue weighted by atomic mass is 16.4. The van der Waals surface area contributed by atoms with Crippen molar-refractivity contribution in [3.63, 3.8) is 0 Å². The minimum absolute atomic E-state index is 1.58. The predicted molar refractivity (Wildman–Crippen MR) is 44.9 cm³/mol. The Balaban J connectivity index is 2.73. The van der Waals surface area contributed by atoms with E-state index in [9.17, 15) is 4.79 Å². The lowest BCUT2D eigenvalue weighted by molar-refractivity contribution is -0.139. The van der Waals surface area contributed by atoms with E-state index in [1.54, 1.807) is 0 Å². The van der Waals surface area contributed by atoms with Crippen LogP contribution in [-0.4, -0.2) is 23.1 Å². The van der Waals surface area contributed by atoms with Gasteiger partial charge in [0.1, 0.15) is 6.02 Å². The van der Waals surface area contributed by atoms with Gasteiger partial charge in [0.25, 0.3) is 0 Å². The number of rotatable bonds is 1. The molecule has 0 spiro atoms. The molecule has 1 aliphatic heterocycles. The lowest BCUT2D eigenvalue weighted by atomic mass is 9.85. The van der Waals surface area contributed by atoms with E-state index < -0.39 is 55.9 Å². The molecule has 3 nitrogen and oxygen atoms in total. The van der Waals surface area contributed by atoms with Crippen LogP contribution in [0.15, 0.2) is 0 Å².